The molecule has 4 rings (SSSR count). The molecule has 3 heteroatoms. The lowest BCUT2D eigenvalue weighted by Gasteiger charge is -2.16. The molecule has 1 aliphatic rings. The van der Waals surface area contributed by atoms with Gasteiger partial charge in [0.25, 0.3) is 0 Å². The highest BCUT2D eigenvalue weighted by atomic mass is 15.1. The van der Waals surface area contributed by atoms with Crippen LogP contribution in [0.25, 0.3) is 10.9 Å². The molecule has 0 saturated heterocycles. The Balaban J connectivity index is 1.79. The minimum absolute atomic E-state index is 1.08. The van der Waals surface area contributed by atoms with E-state index in [-0.39, 0.29) is 0 Å². The van der Waals surface area contributed by atoms with E-state index in [0.29, 0.717) is 0 Å². The van der Waals surface area contributed by atoms with Gasteiger partial charge in [0.1, 0.15) is 0 Å². The van der Waals surface area contributed by atoms with Crippen molar-refractivity contribution in [2.45, 2.75) is 19.3 Å². The van der Waals surface area contributed by atoms with E-state index in [4.69, 9.17) is 4.98 Å². The first-order chi connectivity index (χ1) is 11.2. The Morgan fingerprint density at radius 2 is 1.74 bits per heavy atom. The zero-order valence-electron chi connectivity index (χ0n) is 13.6. The third-order valence-electron chi connectivity index (χ3n) is 4.57. The van der Waals surface area contributed by atoms with Crippen molar-refractivity contribution < 1.29 is 0 Å². The summed E-state index contributed by atoms with van der Waals surface area (Å²) in [4.78, 5) is 6.96. The van der Waals surface area contributed by atoms with Gasteiger partial charge in [0.2, 0.25) is 0 Å². The highest BCUT2D eigenvalue weighted by molar-refractivity contribution is 5.95. The molecule has 0 radical (unpaired) electrons. The van der Waals surface area contributed by atoms with Crippen molar-refractivity contribution in [3.63, 3.8) is 0 Å². The maximum atomic E-state index is 4.85. The molecule has 3 nitrogen and oxygen atoms in total. The van der Waals surface area contributed by atoms with Gasteiger partial charge in [0, 0.05) is 36.6 Å². The van der Waals surface area contributed by atoms with Gasteiger partial charge in [-0.25, -0.2) is 0 Å². The first-order valence-electron chi connectivity index (χ1n) is 8.17. The number of fused-ring (bicyclic) bond motifs is 2. The molecule has 0 fully saturated rings. The van der Waals surface area contributed by atoms with Crippen LogP contribution in [-0.4, -0.2) is 19.1 Å². The molecule has 1 heterocycles. The number of nitrogens with one attached hydrogen (secondary N) is 1. The van der Waals surface area contributed by atoms with Crippen LogP contribution in [-0.2, 0) is 12.8 Å². The van der Waals surface area contributed by atoms with Gasteiger partial charge in [-0.2, -0.15) is 0 Å². The molecule has 1 N–H and O–H groups in total. The second-order valence-electron chi connectivity index (χ2n) is 6.35. The Bertz CT molecular complexity index is 851. The number of hydrogen-bond acceptors (Lipinski definition) is 3. The highest BCUT2D eigenvalue weighted by Gasteiger charge is 2.19. The fourth-order valence-corrected chi connectivity index (χ4v) is 3.34. The van der Waals surface area contributed by atoms with Crippen molar-refractivity contribution in [2.75, 3.05) is 24.3 Å². The van der Waals surface area contributed by atoms with Crippen molar-refractivity contribution in [1.82, 2.24) is 4.98 Å². The molecular weight excluding hydrogens is 282 g/mol. The molecule has 0 bridgehead atoms. The highest BCUT2D eigenvalue weighted by Crippen LogP contribution is 2.35. The molecule has 3 aromatic rings. The molecule has 2 aromatic carbocycles. The number of para-hydroxylation sites is 1. The van der Waals surface area contributed by atoms with Crippen molar-refractivity contribution in [2.24, 2.45) is 0 Å². The maximum Gasteiger partial charge on any atom is 0.0726 e. The Morgan fingerprint density at radius 3 is 2.52 bits per heavy atom. The molecule has 0 unspecified atom stereocenters. The summed E-state index contributed by atoms with van der Waals surface area (Å²) >= 11 is 0. The Labute approximate surface area is 137 Å². The Kier molecular flexibility index (Phi) is 3.41. The third-order valence-corrected chi connectivity index (χ3v) is 4.57. The van der Waals surface area contributed by atoms with Crippen LogP contribution in [0.3, 0.4) is 0 Å². The monoisotopic (exact) mass is 303 g/mol. The van der Waals surface area contributed by atoms with E-state index in [1.165, 1.54) is 34.4 Å². The van der Waals surface area contributed by atoms with Crippen LogP contribution >= 0.6 is 0 Å². The first kappa shape index (κ1) is 14.1. The Morgan fingerprint density at radius 1 is 0.957 bits per heavy atom. The number of anilines is 3. The quantitative estimate of drug-likeness (QED) is 0.770. The lowest BCUT2D eigenvalue weighted by molar-refractivity contribution is 0.901. The molecule has 0 atom stereocenters. The average Bonchev–Trinajstić information content (AvgIpc) is 3.03. The van der Waals surface area contributed by atoms with Crippen LogP contribution in [0, 0.1) is 0 Å². The summed E-state index contributed by atoms with van der Waals surface area (Å²) in [5.41, 5.74) is 7.30. The molecule has 0 amide bonds. The maximum absolute atomic E-state index is 4.85. The summed E-state index contributed by atoms with van der Waals surface area (Å²) in [7, 11) is 4.12. The van der Waals surface area contributed by atoms with Gasteiger partial charge in [-0.15, -0.1) is 0 Å². The third kappa shape index (κ3) is 2.52. The van der Waals surface area contributed by atoms with Crippen LogP contribution in [0.4, 0.5) is 17.1 Å². The average molecular weight is 303 g/mol. The van der Waals surface area contributed by atoms with Gasteiger partial charge in [-0.05, 0) is 55.2 Å². The van der Waals surface area contributed by atoms with Crippen LogP contribution in [0.15, 0.2) is 48.5 Å². The number of aryl methyl sites for hydroxylation is 1. The largest absolute Gasteiger partial charge is 0.378 e. The topological polar surface area (TPSA) is 28.2 Å². The van der Waals surface area contributed by atoms with E-state index in [2.05, 4.69) is 72.8 Å². The van der Waals surface area contributed by atoms with E-state index in [1.54, 1.807) is 0 Å². The first-order valence-corrected chi connectivity index (χ1v) is 8.17. The minimum Gasteiger partial charge on any atom is -0.378 e. The van der Waals surface area contributed by atoms with Crippen LogP contribution < -0.4 is 10.2 Å². The van der Waals surface area contributed by atoms with Gasteiger partial charge in [0.05, 0.1) is 11.2 Å². The van der Waals surface area contributed by atoms with Crippen molar-refractivity contribution in [3.8, 4) is 0 Å². The summed E-state index contributed by atoms with van der Waals surface area (Å²) in [6, 6.07) is 17.0. The summed E-state index contributed by atoms with van der Waals surface area (Å²) in [6.45, 7) is 0. The van der Waals surface area contributed by atoms with Gasteiger partial charge < -0.3 is 10.2 Å². The molecule has 116 valence electrons. The molecule has 0 aliphatic heterocycles. The van der Waals surface area contributed by atoms with Crippen LogP contribution in [0.2, 0.25) is 0 Å². The number of nitrogens with zero attached hydrogens (tertiary/aromatic N) is 2. The van der Waals surface area contributed by atoms with Crippen molar-refractivity contribution in [3.05, 3.63) is 59.8 Å². The summed E-state index contributed by atoms with van der Waals surface area (Å²) < 4.78 is 0. The fraction of sp³-hybridized carbons (Fsp3) is 0.250. The summed E-state index contributed by atoms with van der Waals surface area (Å²) in [5, 5.41) is 4.87. The molecular formula is C20H21N3. The number of pyridine rings is 1. The molecule has 0 spiro atoms. The Hall–Kier alpha value is -2.55. The zero-order chi connectivity index (χ0) is 15.8. The van der Waals surface area contributed by atoms with Crippen molar-refractivity contribution >= 4 is 28.0 Å². The summed E-state index contributed by atoms with van der Waals surface area (Å²) in [5.74, 6) is 0. The van der Waals surface area contributed by atoms with Crippen LogP contribution in [0.1, 0.15) is 17.7 Å². The molecule has 0 saturated carbocycles. The second kappa shape index (κ2) is 5.58. The minimum atomic E-state index is 1.08. The van der Waals surface area contributed by atoms with Gasteiger partial charge in [-0.1, -0.05) is 18.2 Å². The van der Waals surface area contributed by atoms with E-state index in [1.807, 2.05) is 0 Å². The van der Waals surface area contributed by atoms with E-state index in [0.717, 1.165) is 24.0 Å². The number of rotatable bonds is 3. The predicted molar refractivity (Wildman–Crippen MR) is 97.8 cm³/mol. The van der Waals surface area contributed by atoms with E-state index >= 15 is 0 Å². The second-order valence-corrected chi connectivity index (χ2v) is 6.35. The molecule has 1 aromatic heterocycles. The SMILES string of the molecule is CN(C)c1ccc(Nc2c3c(nc4ccccc24)CCC3)cc1. The summed E-state index contributed by atoms with van der Waals surface area (Å²) in [6.07, 6.45) is 3.41. The van der Waals surface area contributed by atoms with Crippen LogP contribution in [0.5, 0.6) is 0 Å². The van der Waals surface area contributed by atoms with E-state index < -0.39 is 0 Å². The lowest BCUT2D eigenvalue weighted by Crippen LogP contribution is -2.08. The predicted octanol–water partition coefficient (Wildman–Crippen LogP) is 4.53. The number of benzene rings is 2. The van der Waals surface area contributed by atoms with Gasteiger partial charge in [-0.3, -0.25) is 4.98 Å². The lowest BCUT2D eigenvalue weighted by atomic mass is 10.1. The fourth-order valence-electron chi connectivity index (χ4n) is 3.34. The standard InChI is InChI=1S/C20H21N3/c1-23(2)15-12-10-14(11-13-15)21-20-16-6-3-4-8-18(16)22-19-9-5-7-17(19)20/h3-4,6,8,10-13H,5,7,9H2,1-2H3,(H,21,22). The van der Waals surface area contributed by atoms with E-state index in [9.17, 15) is 0 Å². The number of hydrogen-bond donors (Lipinski definition) is 1. The molecule has 23 heavy (non-hydrogen) atoms. The smallest absolute Gasteiger partial charge is 0.0726 e. The van der Waals surface area contributed by atoms with Gasteiger partial charge in [0.15, 0.2) is 0 Å². The van der Waals surface area contributed by atoms with Gasteiger partial charge >= 0.3 is 0 Å². The van der Waals surface area contributed by atoms with Crippen molar-refractivity contribution in [1.29, 1.82) is 0 Å². The normalized spacial score (nSPS) is 13.1. The zero-order valence-corrected chi connectivity index (χ0v) is 13.6. The molecule has 1 aliphatic carbocycles. The number of aromatic nitrogens is 1.